The van der Waals surface area contributed by atoms with Crippen molar-refractivity contribution in [1.82, 2.24) is 19.9 Å². The van der Waals surface area contributed by atoms with E-state index in [0.717, 1.165) is 17.7 Å². The lowest BCUT2D eigenvalue weighted by Gasteiger charge is -2.27. The van der Waals surface area contributed by atoms with E-state index in [9.17, 15) is 18.7 Å². The highest BCUT2D eigenvalue weighted by molar-refractivity contribution is 5.96. The molecule has 3 heterocycles. The molecule has 5 rings (SSSR count). The normalized spacial score (nSPS) is 17.8. The van der Waals surface area contributed by atoms with E-state index in [2.05, 4.69) is 20.3 Å². The predicted octanol–water partition coefficient (Wildman–Crippen LogP) is 4.49. The molecule has 1 aliphatic heterocycles. The molecule has 0 spiro atoms. The molecular formula is C26H25F2N5O3. The first-order chi connectivity index (χ1) is 17.3. The summed E-state index contributed by atoms with van der Waals surface area (Å²) in [6, 6.07) is 10.9. The average Bonchev–Trinajstić information content (AvgIpc) is 3.38. The van der Waals surface area contributed by atoms with Crippen LogP contribution in [0.25, 0.3) is 22.3 Å². The lowest BCUT2D eigenvalue weighted by molar-refractivity contribution is -0.132. The zero-order valence-electron chi connectivity index (χ0n) is 19.8. The number of rotatable bonds is 7. The first-order valence-electron chi connectivity index (χ1n) is 11.5. The van der Waals surface area contributed by atoms with Crippen LogP contribution in [0, 0.1) is 11.6 Å². The van der Waals surface area contributed by atoms with Gasteiger partial charge >= 0.3 is 0 Å². The minimum atomic E-state index is -0.794. The van der Waals surface area contributed by atoms with Gasteiger partial charge in [-0.25, -0.2) is 18.7 Å². The molecule has 1 atom stereocenters. The van der Waals surface area contributed by atoms with Crippen molar-refractivity contribution in [1.29, 1.82) is 0 Å². The summed E-state index contributed by atoms with van der Waals surface area (Å²) >= 11 is 0. The topological polar surface area (TPSA) is 103 Å². The summed E-state index contributed by atoms with van der Waals surface area (Å²) in [5.41, 5.74) is 0.769. The van der Waals surface area contributed by atoms with E-state index in [-0.39, 0.29) is 39.9 Å². The van der Waals surface area contributed by atoms with Crippen LogP contribution in [0.4, 0.5) is 20.3 Å². The van der Waals surface area contributed by atoms with E-state index in [4.69, 9.17) is 4.74 Å². The van der Waals surface area contributed by atoms with Gasteiger partial charge in [-0.3, -0.25) is 4.79 Å². The standard InChI is InChI=1S/C26H25F2N5O3/c1-33-12-10-26(25(33)35,11-13-36-2)15-6-8-16(9-7-15)30-23-21-19(14-29-24(21)34)31-22(32-23)20-17(27)4-3-5-18(20)28/h3-9,14,29,34H,10-13H2,1-2H3,(H,30,31,32). The Labute approximate surface area is 205 Å². The number of amides is 1. The number of likely N-dealkylation sites (tertiary alicyclic amines) is 1. The van der Waals surface area contributed by atoms with Crippen molar-refractivity contribution in [3.8, 4) is 17.3 Å². The summed E-state index contributed by atoms with van der Waals surface area (Å²) in [4.78, 5) is 26.0. The highest BCUT2D eigenvalue weighted by atomic mass is 19.1. The van der Waals surface area contributed by atoms with Crippen LogP contribution < -0.4 is 5.32 Å². The van der Waals surface area contributed by atoms with Crippen LogP contribution in [0.3, 0.4) is 0 Å². The summed E-state index contributed by atoms with van der Waals surface area (Å²) in [6.07, 6.45) is 2.70. The van der Waals surface area contributed by atoms with Gasteiger partial charge < -0.3 is 25.0 Å². The van der Waals surface area contributed by atoms with Crippen molar-refractivity contribution < 1.29 is 23.4 Å². The maximum atomic E-state index is 14.4. The zero-order chi connectivity index (χ0) is 25.4. The fourth-order valence-electron chi connectivity index (χ4n) is 4.80. The molecule has 4 aromatic rings. The number of aromatic amines is 1. The third kappa shape index (κ3) is 3.93. The molecule has 1 aliphatic rings. The van der Waals surface area contributed by atoms with Crippen LogP contribution in [-0.4, -0.2) is 58.2 Å². The molecule has 1 unspecified atom stereocenters. The van der Waals surface area contributed by atoms with E-state index in [1.807, 2.05) is 12.1 Å². The number of fused-ring (bicyclic) bond motifs is 1. The Bertz CT molecular complexity index is 1420. The van der Waals surface area contributed by atoms with Crippen molar-refractivity contribution in [3.63, 3.8) is 0 Å². The quantitative estimate of drug-likeness (QED) is 0.351. The minimum Gasteiger partial charge on any atom is -0.494 e. The van der Waals surface area contributed by atoms with Gasteiger partial charge in [0, 0.05) is 39.2 Å². The van der Waals surface area contributed by atoms with Gasteiger partial charge in [0.1, 0.15) is 22.8 Å². The summed E-state index contributed by atoms with van der Waals surface area (Å²) < 4.78 is 34.1. The molecular weight excluding hydrogens is 468 g/mol. The number of methoxy groups -OCH3 is 1. The van der Waals surface area contributed by atoms with Crippen molar-refractivity contribution in [2.75, 3.05) is 32.6 Å². The number of carbonyl (C=O) groups is 1. The highest BCUT2D eigenvalue weighted by Gasteiger charge is 2.46. The second-order valence-electron chi connectivity index (χ2n) is 8.89. The second kappa shape index (κ2) is 9.19. The molecule has 36 heavy (non-hydrogen) atoms. The van der Waals surface area contributed by atoms with Gasteiger partial charge in [-0.2, -0.15) is 0 Å². The molecule has 8 nitrogen and oxygen atoms in total. The molecule has 1 saturated heterocycles. The number of H-pyrrole nitrogens is 1. The van der Waals surface area contributed by atoms with Crippen molar-refractivity contribution in [2.45, 2.75) is 18.3 Å². The minimum absolute atomic E-state index is 0.0616. The highest BCUT2D eigenvalue weighted by Crippen LogP contribution is 2.40. The van der Waals surface area contributed by atoms with Gasteiger partial charge in [0.25, 0.3) is 0 Å². The predicted molar refractivity (Wildman–Crippen MR) is 131 cm³/mol. The molecule has 0 saturated carbocycles. The fourth-order valence-corrected chi connectivity index (χ4v) is 4.80. The molecule has 186 valence electrons. The molecule has 1 fully saturated rings. The molecule has 0 radical (unpaired) electrons. The second-order valence-corrected chi connectivity index (χ2v) is 8.89. The Morgan fingerprint density at radius 1 is 1.17 bits per heavy atom. The molecule has 0 aliphatic carbocycles. The molecule has 3 N–H and O–H groups in total. The van der Waals surface area contributed by atoms with Crippen LogP contribution in [0.1, 0.15) is 18.4 Å². The van der Waals surface area contributed by atoms with Crippen LogP contribution >= 0.6 is 0 Å². The lowest BCUT2D eigenvalue weighted by atomic mass is 9.76. The number of carbonyl (C=O) groups excluding carboxylic acids is 1. The van der Waals surface area contributed by atoms with Crippen molar-refractivity contribution in [3.05, 3.63) is 65.9 Å². The lowest BCUT2D eigenvalue weighted by Crippen LogP contribution is -2.37. The first kappa shape index (κ1) is 23.7. The van der Waals surface area contributed by atoms with Crippen molar-refractivity contribution in [2.24, 2.45) is 0 Å². The summed E-state index contributed by atoms with van der Waals surface area (Å²) in [5, 5.41) is 13.7. The monoisotopic (exact) mass is 493 g/mol. The van der Waals surface area contributed by atoms with E-state index in [1.54, 1.807) is 31.2 Å². The molecule has 10 heteroatoms. The number of halogens is 2. The average molecular weight is 494 g/mol. The van der Waals surface area contributed by atoms with E-state index in [1.165, 1.54) is 12.3 Å². The molecule has 2 aromatic carbocycles. The van der Waals surface area contributed by atoms with Gasteiger partial charge in [0.05, 0.1) is 16.5 Å². The number of hydrogen-bond donors (Lipinski definition) is 3. The number of nitrogens with one attached hydrogen (secondary N) is 2. The molecule has 2 aromatic heterocycles. The number of anilines is 2. The Morgan fingerprint density at radius 3 is 2.53 bits per heavy atom. The maximum absolute atomic E-state index is 14.4. The third-order valence-electron chi connectivity index (χ3n) is 6.77. The van der Waals surface area contributed by atoms with Crippen LogP contribution in [0.15, 0.2) is 48.7 Å². The maximum Gasteiger partial charge on any atom is 0.233 e. The van der Waals surface area contributed by atoms with E-state index in [0.29, 0.717) is 31.7 Å². The fraction of sp³-hybridized carbons (Fsp3) is 0.269. The van der Waals surface area contributed by atoms with Crippen molar-refractivity contribution >= 4 is 28.3 Å². The third-order valence-corrected chi connectivity index (χ3v) is 6.77. The van der Waals surface area contributed by atoms with Gasteiger partial charge in [0.2, 0.25) is 11.8 Å². The van der Waals surface area contributed by atoms with Gasteiger partial charge in [-0.15, -0.1) is 0 Å². The van der Waals surface area contributed by atoms with E-state index < -0.39 is 17.0 Å². The largest absolute Gasteiger partial charge is 0.494 e. The summed E-state index contributed by atoms with van der Waals surface area (Å²) in [5.74, 6) is -1.69. The smallest absolute Gasteiger partial charge is 0.233 e. The Balaban J connectivity index is 1.52. The SMILES string of the molecule is COCCC1(c2ccc(Nc3nc(-c4c(F)cccc4F)nc4c[nH]c(O)c34)cc2)CCN(C)C1=O. The number of ether oxygens (including phenoxy) is 1. The van der Waals surface area contributed by atoms with E-state index >= 15 is 0 Å². The Hall–Kier alpha value is -4.05. The summed E-state index contributed by atoms with van der Waals surface area (Å²) in [6.45, 7) is 1.13. The molecule has 0 bridgehead atoms. The number of benzene rings is 2. The van der Waals surface area contributed by atoms with Gasteiger partial charge in [0.15, 0.2) is 5.82 Å². The van der Waals surface area contributed by atoms with Crippen LogP contribution in [0.5, 0.6) is 5.88 Å². The molecule has 1 amide bonds. The number of likely N-dealkylation sites (N-methyl/N-ethyl adjacent to an activating group) is 1. The number of aromatic hydroxyl groups is 1. The van der Waals surface area contributed by atoms with Gasteiger partial charge in [-0.05, 0) is 42.7 Å². The van der Waals surface area contributed by atoms with Gasteiger partial charge in [-0.1, -0.05) is 18.2 Å². The number of hydrogen-bond acceptors (Lipinski definition) is 6. The number of aromatic nitrogens is 3. The zero-order valence-corrected chi connectivity index (χ0v) is 19.8. The Morgan fingerprint density at radius 2 is 1.89 bits per heavy atom. The Kier molecular flexibility index (Phi) is 6.05. The number of nitrogens with zero attached hydrogens (tertiary/aromatic N) is 3. The van der Waals surface area contributed by atoms with Crippen LogP contribution in [0.2, 0.25) is 0 Å². The van der Waals surface area contributed by atoms with Crippen LogP contribution in [-0.2, 0) is 14.9 Å². The first-order valence-corrected chi connectivity index (χ1v) is 11.5. The summed E-state index contributed by atoms with van der Waals surface area (Å²) in [7, 11) is 3.41.